The topological polar surface area (TPSA) is 201 Å². The van der Waals surface area contributed by atoms with Gasteiger partial charge in [0.1, 0.15) is 30.7 Å². The number of unbranched alkanes of at least 4 members (excludes halogenated alkanes) is 1. The molecule has 40 heavy (non-hydrogen) atoms. The van der Waals surface area contributed by atoms with Crippen molar-refractivity contribution < 1.29 is 39.5 Å². The summed E-state index contributed by atoms with van der Waals surface area (Å²) in [5, 5.41) is 41.5. The number of amides is 1. The lowest BCUT2D eigenvalue weighted by molar-refractivity contribution is -0.139. The van der Waals surface area contributed by atoms with E-state index in [1.165, 1.54) is 10.9 Å². The third-order valence-corrected chi connectivity index (χ3v) is 7.07. The number of carboxylic acids is 1. The Morgan fingerprint density at radius 3 is 2.62 bits per heavy atom. The van der Waals surface area contributed by atoms with Crippen molar-refractivity contribution in [2.75, 3.05) is 24.8 Å². The molecule has 0 saturated carbocycles. The molecule has 2 aliphatic rings. The number of ether oxygens (including phenoxy) is 2. The fourth-order valence-electron chi connectivity index (χ4n) is 5.16. The minimum Gasteiger partial charge on any atom is -0.480 e. The van der Waals surface area contributed by atoms with Crippen molar-refractivity contribution in [2.45, 2.75) is 89.5 Å². The number of imidazole rings is 1. The number of carboxylic acid groups (broad SMARTS) is 1. The van der Waals surface area contributed by atoms with Crippen LogP contribution in [-0.2, 0) is 20.8 Å². The zero-order valence-electron chi connectivity index (χ0n) is 22.9. The predicted octanol–water partition coefficient (Wildman–Crippen LogP) is 0.158. The summed E-state index contributed by atoms with van der Waals surface area (Å²) in [6.45, 7) is 5.17. The molecule has 4 heterocycles. The zero-order chi connectivity index (χ0) is 29.2. The van der Waals surface area contributed by atoms with Gasteiger partial charge in [-0.05, 0) is 39.5 Å². The number of fused-ring (bicyclic) bond motifs is 2. The van der Waals surface area contributed by atoms with E-state index in [4.69, 9.17) is 9.47 Å². The van der Waals surface area contributed by atoms with Gasteiger partial charge < -0.3 is 40.1 Å². The molecule has 5 atom stereocenters. The summed E-state index contributed by atoms with van der Waals surface area (Å²) in [5.41, 5.74) is -0.715. The van der Waals surface area contributed by atoms with Gasteiger partial charge in [0, 0.05) is 19.5 Å². The number of hydrogen-bond acceptors (Lipinski definition) is 11. The molecule has 0 aromatic carbocycles. The van der Waals surface area contributed by atoms with E-state index >= 15 is 0 Å². The molecule has 1 fully saturated rings. The van der Waals surface area contributed by atoms with E-state index in [-0.39, 0.29) is 48.8 Å². The summed E-state index contributed by atoms with van der Waals surface area (Å²) in [4.78, 5) is 47.4. The molecule has 1 unspecified atom stereocenters. The average molecular weight is 567 g/mol. The number of hydrogen-bond donors (Lipinski definition) is 5. The molecule has 2 aromatic rings. The lowest BCUT2D eigenvalue weighted by atomic mass is 9.98. The Balaban J connectivity index is 1.41. The Morgan fingerprint density at radius 1 is 1.25 bits per heavy atom. The Labute approximate surface area is 230 Å². The number of aliphatic hydroxyl groups excluding tert-OH is 3. The number of rotatable bonds is 10. The molecule has 15 nitrogen and oxygen atoms in total. The lowest BCUT2D eigenvalue weighted by Crippen LogP contribution is -2.44. The number of aromatic nitrogens is 4. The van der Waals surface area contributed by atoms with Crippen LogP contribution in [-0.4, -0.2) is 95.3 Å². The van der Waals surface area contributed by atoms with Gasteiger partial charge in [-0.2, -0.15) is 4.98 Å². The van der Waals surface area contributed by atoms with Crippen molar-refractivity contribution >= 4 is 29.2 Å². The summed E-state index contributed by atoms with van der Waals surface area (Å²) in [5.74, 6) is -0.864. The van der Waals surface area contributed by atoms with Crippen LogP contribution >= 0.6 is 0 Å². The predicted molar refractivity (Wildman–Crippen MR) is 141 cm³/mol. The van der Waals surface area contributed by atoms with E-state index in [0.717, 1.165) is 0 Å². The van der Waals surface area contributed by atoms with Crippen molar-refractivity contribution in [3.63, 3.8) is 0 Å². The lowest BCUT2D eigenvalue weighted by Gasteiger charge is -2.34. The van der Waals surface area contributed by atoms with Crippen LogP contribution in [0.25, 0.3) is 11.2 Å². The molecule has 1 saturated heterocycles. The van der Waals surface area contributed by atoms with E-state index < -0.39 is 42.1 Å². The summed E-state index contributed by atoms with van der Waals surface area (Å²) >= 11 is 0. The maximum atomic E-state index is 13.4. The maximum absolute atomic E-state index is 13.4. The molecule has 2 aliphatic heterocycles. The second-order valence-corrected chi connectivity index (χ2v) is 11.3. The first-order valence-electron chi connectivity index (χ1n) is 13.4. The number of nitrogens with zero attached hydrogens (tertiary/aromatic N) is 5. The van der Waals surface area contributed by atoms with E-state index in [9.17, 15) is 34.8 Å². The van der Waals surface area contributed by atoms with E-state index in [1.807, 2.05) is 0 Å². The van der Waals surface area contributed by atoms with Crippen LogP contribution in [0.15, 0.2) is 11.1 Å². The van der Waals surface area contributed by atoms with Gasteiger partial charge in [0.2, 0.25) is 5.95 Å². The summed E-state index contributed by atoms with van der Waals surface area (Å²) in [6.07, 6.45) is 0.637. The fourth-order valence-corrected chi connectivity index (χ4v) is 5.16. The molecule has 1 amide bonds. The minimum atomic E-state index is -1.14. The van der Waals surface area contributed by atoms with Crippen LogP contribution in [0.3, 0.4) is 0 Å². The number of carbonyl (C=O) groups is 2. The van der Waals surface area contributed by atoms with Crippen molar-refractivity contribution in [1.29, 1.82) is 0 Å². The SMILES string of the molecule is CC(C)(C)OC(=O)N[C@@H](CCCCC1CN(CO)c2nc3c(ncn3[C@H]3C[C@H](O)[C@@H](CO)O3)c(=O)n2C1)C(=O)O. The van der Waals surface area contributed by atoms with Crippen LogP contribution in [0.1, 0.15) is 59.1 Å². The summed E-state index contributed by atoms with van der Waals surface area (Å²) in [6, 6.07) is -1.08. The maximum Gasteiger partial charge on any atom is 0.408 e. The standard InChI is InChI=1S/C25H38N6O9/c1-25(2,3)40-24(38)27-15(22(36)37)7-5-4-6-14-9-29(13-33)23-28-20-19(21(35)30(23)10-14)26-12-31(20)18-8-16(34)17(11-32)39-18/h12,14-18,32-34H,4-11,13H2,1-3H3,(H,27,38)(H,36,37)/t14?,15-,16-,17+,18+/m0/s1. The Kier molecular flexibility index (Phi) is 8.97. The van der Waals surface area contributed by atoms with Gasteiger partial charge >= 0.3 is 12.1 Å². The summed E-state index contributed by atoms with van der Waals surface area (Å²) in [7, 11) is 0. The molecule has 0 bridgehead atoms. The van der Waals surface area contributed by atoms with Gasteiger partial charge in [-0.25, -0.2) is 14.6 Å². The van der Waals surface area contributed by atoms with Gasteiger partial charge in [0.05, 0.1) is 19.0 Å². The quantitative estimate of drug-likeness (QED) is 0.244. The first-order valence-corrected chi connectivity index (χ1v) is 13.4. The smallest absolute Gasteiger partial charge is 0.408 e. The number of aliphatic hydroxyl groups is 3. The highest BCUT2D eigenvalue weighted by molar-refractivity contribution is 5.80. The Bertz CT molecular complexity index is 1270. The molecular formula is C25H38N6O9. The van der Waals surface area contributed by atoms with Gasteiger partial charge in [0.25, 0.3) is 5.56 Å². The highest BCUT2D eigenvalue weighted by atomic mass is 16.6. The average Bonchev–Trinajstić information content (AvgIpc) is 3.47. The van der Waals surface area contributed by atoms with Crippen LogP contribution in [0.4, 0.5) is 10.7 Å². The second kappa shape index (κ2) is 12.1. The van der Waals surface area contributed by atoms with Crippen LogP contribution in [0.5, 0.6) is 0 Å². The highest BCUT2D eigenvalue weighted by Gasteiger charge is 2.36. The van der Waals surface area contributed by atoms with Crippen LogP contribution in [0.2, 0.25) is 0 Å². The monoisotopic (exact) mass is 566 g/mol. The van der Waals surface area contributed by atoms with E-state index in [0.29, 0.717) is 38.3 Å². The molecule has 15 heteroatoms. The van der Waals surface area contributed by atoms with Gasteiger partial charge in [-0.1, -0.05) is 12.8 Å². The van der Waals surface area contributed by atoms with Crippen molar-refractivity contribution in [1.82, 2.24) is 24.4 Å². The molecule has 5 N–H and O–H groups in total. The first kappa shape index (κ1) is 29.7. The summed E-state index contributed by atoms with van der Waals surface area (Å²) < 4.78 is 13.9. The normalized spacial score (nSPS) is 23.7. The van der Waals surface area contributed by atoms with Crippen molar-refractivity contribution in [3.8, 4) is 0 Å². The van der Waals surface area contributed by atoms with Gasteiger partial charge in [0.15, 0.2) is 11.2 Å². The molecule has 2 aromatic heterocycles. The molecular weight excluding hydrogens is 528 g/mol. The minimum absolute atomic E-state index is 0.0144. The third-order valence-electron chi connectivity index (χ3n) is 7.07. The Morgan fingerprint density at radius 2 is 2.00 bits per heavy atom. The molecule has 222 valence electrons. The highest BCUT2D eigenvalue weighted by Crippen LogP contribution is 2.31. The number of carbonyl (C=O) groups excluding carboxylic acids is 1. The van der Waals surface area contributed by atoms with Crippen molar-refractivity contribution in [2.24, 2.45) is 5.92 Å². The number of alkyl carbamates (subject to hydrolysis) is 1. The largest absolute Gasteiger partial charge is 0.480 e. The fraction of sp³-hybridized carbons (Fsp3) is 0.720. The van der Waals surface area contributed by atoms with E-state index in [1.54, 1.807) is 30.2 Å². The third kappa shape index (κ3) is 6.54. The Hall–Kier alpha value is -3.27. The van der Waals surface area contributed by atoms with Crippen LogP contribution in [0, 0.1) is 5.92 Å². The number of nitrogens with one attached hydrogen (secondary N) is 1. The second-order valence-electron chi connectivity index (χ2n) is 11.3. The molecule has 0 spiro atoms. The van der Waals surface area contributed by atoms with Gasteiger partial charge in [-0.3, -0.25) is 13.9 Å². The molecule has 0 aliphatic carbocycles. The molecule has 0 radical (unpaired) electrons. The first-order chi connectivity index (χ1) is 18.9. The van der Waals surface area contributed by atoms with Gasteiger partial charge in [-0.15, -0.1) is 0 Å². The van der Waals surface area contributed by atoms with Crippen molar-refractivity contribution in [3.05, 3.63) is 16.7 Å². The number of anilines is 1. The van der Waals surface area contributed by atoms with Crippen LogP contribution < -0.4 is 15.8 Å². The zero-order valence-corrected chi connectivity index (χ0v) is 22.9. The van der Waals surface area contributed by atoms with E-state index in [2.05, 4.69) is 15.3 Å². The molecule has 4 rings (SSSR count). The number of aliphatic carboxylic acids is 1.